The van der Waals surface area contributed by atoms with Crippen LogP contribution in [-0.4, -0.2) is 42.1 Å². The summed E-state index contributed by atoms with van der Waals surface area (Å²) in [5.74, 6) is -1.06. The molecule has 0 saturated carbocycles. The van der Waals surface area contributed by atoms with Crippen molar-refractivity contribution in [3.05, 3.63) is 80.8 Å². The highest BCUT2D eigenvalue weighted by atomic mass is 35.5. The molecule has 34 heavy (non-hydrogen) atoms. The fraction of sp³-hybridized carbons (Fsp3) is 0.250. The van der Waals surface area contributed by atoms with Crippen LogP contribution < -0.4 is 10.1 Å². The number of aromatic nitrogens is 1. The SMILES string of the molecule is N#Cc1cc(CN2CCOCC2)cc(Oc2c(Cl)ccc(CNC(=O)c3[nH]ccc3Cl)c2F)c1. The molecule has 1 aliphatic heterocycles. The highest BCUT2D eigenvalue weighted by Crippen LogP contribution is 2.35. The van der Waals surface area contributed by atoms with Crippen molar-refractivity contribution in [2.24, 2.45) is 0 Å². The van der Waals surface area contributed by atoms with Gasteiger partial charge in [0.1, 0.15) is 11.4 Å². The second kappa shape index (κ2) is 10.9. The number of aromatic amines is 1. The molecule has 2 heterocycles. The maximum Gasteiger partial charge on any atom is 0.269 e. The molecule has 176 valence electrons. The number of ether oxygens (including phenoxy) is 2. The van der Waals surface area contributed by atoms with Gasteiger partial charge in [-0.2, -0.15) is 5.26 Å². The summed E-state index contributed by atoms with van der Waals surface area (Å²) in [6.45, 7) is 3.39. The average Bonchev–Trinajstić information content (AvgIpc) is 3.27. The first-order valence-electron chi connectivity index (χ1n) is 10.5. The third-order valence-electron chi connectivity index (χ3n) is 5.32. The second-order valence-electron chi connectivity index (χ2n) is 7.70. The topological polar surface area (TPSA) is 90.4 Å². The lowest BCUT2D eigenvalue weighted by molar-refractivity contribution is 0.0342. The van der Waals surface area contributed by atoms with Crippen molar-refractivity contribution in [1.82, 2.24) is 15.2 Å². The normalized spacial score (nSPS) is 13.9. The molecule has 2 N–H and O–H groups in total. The molecule has 1 saturated heterocycles. The second-order valence-corrected chi connectivity index (χ2v) is 8.52. The number of benzene rings is 2. The molecule has 3 aromatic rings. The lowest BCUT2D eigenvalue weighted by Crippen LogP contribution is -2.35. The van der Waals surface area contributed by atoms with Crippen molar-refractivity contribution < 1.29 is 18.7 Å². The molecule has 10 heteroatoms. The Morgan fingerprint density at radius 3 is 2.71 bits per heavy atom. The van der Waals surface area contributed by atoms with Gasteiger partial charge in [0.05, 0.1) is 34.9 Å². The van der Waals surface area contributed by atoms with Crippen LogP contribution in [0.2, 0.25) is 10.0 Å². The van der Waals surface area contributed by atoms with E-state index in [-0.39, 0.29) is 33.6 Å². The van der Waals surface area contributed by atoms with Crippen LogP contribution in [0.1, 0.15) is 27.2 Å². The number of halogens is 3. The molecule has 0 atom stereocenters. The molecule has 0 radical (unpaired) electrons. The largest absolute Gasteiger partial charge is 0.453 e. The molecule has 1 amide bonds. The van der Waals surface area contributed by atoms with Crippen molar-refractivity contribution in [1.29, 1.82) is 5.26 Å². The first-order chi connectivity index (χ1) is 16.4. The molecule has 1 aliphatic rings. The van der Waals surface area contributed by atoms with Crippen molar-refractivity contribution in [3.8, 4) is 17.6 Å². The van der Waals surface area contributed by atoms with E-state index in [0.717, 1.165) is 18.7 Å². The zero-order chi connectivity index (χ0) is 24.1. The van der Waals surface area contributed by atoms with Gasteiger partial charge < -0.3 is 19.8 Å². The monoisotopic (exact) mass is 502 g/mol. The lowest BCUT2D eigenvalue weighted by Gasteiger charge is -2.26. The molecule has 0 unspecified atom stereocenters. The van der Waals surface area contributed by atoms with Gasteiger partial charge in [0, 0.05) is 37.9 Å². The van der Waals surface area contributed by atoms with Gasteiger partial charge in [-0.1, -0.05) is 29.3 Å². The highest BCUT2D eigenvalue weighted by molar-refractivity contribution is 6.33. The third kappa shape index (κ3) is 5.69. The Morgan fingerprint density at radius 1 is 1.21 bits per heavy atom. The van der Waals surface area contributed by atoms with E-state index in [4.69, 9.17) is 32.7 Å². The molecule has 0 bridgehead atoms. The summed E-state index contributed by atoms with van der Waals surface area (Å²) in [7, 11) is 0. The quantitative estimate of drug-likeness (QED) is 0.480. The number of carbonyl (C=O) groups excluding carboxylic acids is 1. The van der Waals surface area contributed by atoms with E-state index in [1.807, 2.05) is 0 Å². The highest BCUT2D eigenvalue weighted by Gasteiger charge is 2.18. The van der Waals surface area contributed by atoms with Crippen LogP contribution in [0.4, 0.5) is 4.39 Å². The predicted octanol–water partition coefficient (Wildman–Crippen LogP) is 4.89. The molecule has 0 aliphatic carbocycles. The van der Waals surface area contributed by atoms with Crippen LogP contribution in [0.15, 0.2) is 42.6 Å². The Balaban J connectivity index is 1.53. The Hall–Kier alpha value is -3.09. The van der Waals surface area contributed by atoms with E-state index in [0.29, 0.717) is 31.1 Å². The maximum absolute atomic E-state index is 15.3. The van der Waals surface area contributed by atoms with Gasteiger partial charge in [-0.15, -0.1) is 0 Å². The van der Waals surface area contributed by atoms with Crippen LogP contribution in [-0.2, 0) is 17.8 Å². The van der Waals surface area contributed by atoms with Crippen LogP contribution in [0.5, 0.6) is 11.5 Å². The van der Waals surface area contributed by atoms with Gasteiger partial charge in [0.25, 0.3) is 5.91 Å². The molecular weight excluding hydrogens is 482 g/mol. The fourth-order valence-corrected chi connectivity index (χ4v) is 3.99. The Labute approximate surface area is 206 Å². The smallest absolute Gasteiger partial charge is 0.269 e. The summed E-state index contributed by atoms with van der Waals surface area (Å²) in [6.07, 6.45) is 1.54. The number of nitrogens with zero attached hydrogens (tertiary/aromatic N) is 2. The van der Waals surface area contributed by atoms with E-state index < -0.39 is 11.7 Å². The van der Waals surface area contributed by atoms with Crippen molar-refractivity contribution >= 4 is 29.1 Å². The van der Waals surface area contributed by atoms with Crippen LogP contribution >= 0.6 is 23.2 Å². The predicted molar refractivity (Wildman–Crippen MR) is 126 cm³/mol. The number of nitrogens with one attached hydrogen (secondary N) is 2. The van der Waals surface area contributed by atoms with E-state index in [1.54, 1.807) is 18.2 Å². The summed E-state index contributed by atoms with van der Waals surface area (Å²) in [6, 6.07) is 11.7. The van der Waals surface area contributed by atoms with E-state index >= 15 is 4.39 Å². The maximum atomic E-state index is 15.3. The number of nitriles is 1. The van der Waals surface area contributed by atoms with Gasteiger partial charge in [0.2, 0.25) is 0 Å². The third-order valence-corrected chi connectivity index (χ3v) is 5.93. The Morgan fingerprint density at radius 2 is 2.00 bits per heavy atom. The Kier molecular flexibility index (Phi) is 7.70. The summed E-state index contributed by atoms with van der Waals surface area (Å²) >= 11 is 12.2. The molecule has 1 fully saturated rings. The minimum Gasteiger partial charge on any atom is -0.453 e. The summed E-state index contributed by atoms with van der Waals surface area (Å²) < 4.78 is 26.4. The number of H-pyrrole nitrogens is 1. The minimum absolute atomic E-state index is 0.0667. The molecule has 2 aromatic carbocycles. The van der Waals surface area contributed by atoms with Gasteiger partial charge >= 0.3 is 0 Å². The van der Waals surface area contributed by atoms with E-state index in [2.05, 4.69) is 21.3 Å². The first kappa shape index (κ1) is 24.0. The molecule has 0 spiro atoms. The molecular formula is C24H21Cl2FN4O3. The first-order valence-corrected chi connectivity index (χ1v) is 11.3. The minimum atomic E-state index is -0.706. The zero-order valence-corrected chi connectivity index (χ0v) is 19.5. The zero-order valence-electron chi connectivity index (χ0n) is 18.0. The van der Waals surface area contributed by atoms with Gasteiger partial charge in [0.15, 0.2) is 11.6 Å². The standard InChI is InChI=1S/C24H21Cl2FN4O3/c25-19-3-4-29-22(19)24(32)30-13-17-1-2-20(26)23(21(17)27)34-18-10-15(12-28)9-16(11-18)14-31-5-7-33-8-6-31/h1-4,9-11,29H,5-8,13-14H2,(H,30,32). The van der Waals surface area contributed by atoms with Crippen LogP contribution in [0, 0.1) is 17.1 Å². The molecule has 1 aromatic heterocycles. The van der Waals surface area contributed by atoms with Gasteiger partial charge in [-0.05, 0) is 35.9 Å². The van der Waals surface area contributed by atoms with Crippen molar-refractivity contribution in [2.45, 2.75) is 13.1 Å². The number of amides is 1. The average molecular weight is 503 g/mol. The number of hydrogen-bond donors (Lipinski definition) is 2. The lowest BCUT2D eigenvalue weighted by atomic mass is 10.1. The summed E-state index contributed by atoms with van der Waals surface area (Å²) in [4.78, 5) is 17.2. The van der Waals surface area contributed by atoms with E-state index in [9.17, 15) is 10.1 Å². The molecule has 4 rings (SSSR count). The summed E-state index contributed by atoms with van der Waals surface area (Å²) in [5.41, 5.74) is 1.62. The summed E-state index contributed by atoms with van der Waals surface area (Å²) in [5, 5.41) is 12.4. The number of carbonyl (C=O) groups is 1. The number of rotatable bonds is 7. The van der Waals surface area contributed by atoms with Crippen molar-refractivity contribution in [2.75, 3.05) is 26.3 Å². The number of morpholine rings is 1. The van der Waals surface area contributed by atoms with Crippen LogP contribution in [0.25, 0.3) is 0 Å². The Bertz CT molecular complexity index is 1240. The van der Waals surface area contributed by atoms with Gasteiger partial charge in [-0.3, -0.25) is 9.69 Å². The molecule has 7 nitrogen and oxygen atoms in total. The van der Waals surface area contributed by atoms with E-state index in [1.165, 1.54) is 24.4 Å². The van der Waals surface area contributed by atoms with Gasteiger partial charge in [-0.25, -0.2) is 4.39 Å². The fourth-order valence-electron chi connectivity index (χ4n) is 3.60. The number of hydrogen-bond acceptors (Lipinski definition) is 5. The van der Waals surface area contributed by atoms with Crippen molar-refractivity contribution in [3.63, 3.8) is 0 Å². The van der Waals surface area contributed by atoms with Crippen LogP contribution in [0.3, 0.4) is 0 Å².